The van der Waals surface area contributed by atoms with E-state index in [9.17, 15) is 0 Å². The van der Waals surface area contributed by atoms with Gasteiger partial charge < -0.3 is 0 Å². The molecule has 0 N–H and O–H groups in total. The first kappa shape index (κ1) is 15.7. The Morgan fingerprint density at radius 2 is 1.83 bits per heavy atom. The number of aryl methyl sites for hydroxylation is 1. The molecule has 2 aliphatic rings. The maximum atomic E-state index is 4.52. The minimum atomic E-state index is 0.747. The maximum absolute atomic E-state index is 4.52. The van der Waals surface area contributed by atoms with E-state index < -0.39 is 0 Å². The third-order valence-electron chi connectivity index (χ3n) is 5.21. The first-order valence-electron chi connectivity index (χ1n) is 9.04. The van der Waals surface area contributed by atoms with Gasteiger partial charge in [-0.05, 0) is 45.3 Å². The minimum Gasteiger partial charge on any atom is -0.299 e. The fourth-order valence-electron chi connectivity index (χ4n) is 3.96. The first-order valence-corrected chi connectivity index (χ1v) is 9.04. The van der Waals surface area contributed by atoms with Crippen molar-refractivity contribution < 1.29 is 0 Å². The summed E-state index contributed by atoms with van der Waals surface area (Å²) in [6.07, 6.45) is 13.1. The van der Waals surface area contributed by atoms with Crippen LogP contribution in [0.3, 0.4) is 0 Å². The van der Waals surface area contributed by atoms with Gasteiger partial charge in [-0.2, -0.15) is 5.10 Å². The topological polar surface area (TPSA) is 50.1 Å². The molecule has 2 aliphatic heterocycles. The lowest BCUT2D eigenvalue weighted by Gasteiger charge is -2.37. The van der Waals surface area contributed by atoms with Crippen LogP contribution in [0.5, 0.6) is 0 Å². The van der Waals surface area contributed by atoms with Gasteiger partial charge in [0.2, 0.25) is 0 Å². The SMILES string of the molecule is Cn1cc(-c2ncc(CN3CCCC(N4CCCC4)C3)cn2)cn1. The van der Waals surface area contributed by atoms with Crippen molar-refractivity contribution in [3.63, 3.8) is 0 Å². The quantitative estimate of drug-likeness (QED) is 0.859. The van der Waals surface area contributed by atoms with Gasteiger partial charge in [-0.15, -0.1) is 0 Å². The summed E-state index contributed by atoms with van der Waals surface area (Å²) < 4.78 is 1.78. The maximum Gasteiger partial charge on any atom is 0.162 e. The van der Waals surface area contributed by atoms with Crippen LogP contribution < -0.4 is 0 Å². The Balaban J connectivity index is 1.37. The molecule has 0 bridgehead atoms. The van der Waals surface area contributed by atoms with Gasteiger partial charge in [-0.3, -0.25) is 14.5 Å². The van der Waals surface area contributed by atoms with E-state index in [1.807, 2.05) is 25.6 Å². The molecule has 0 saturated carbocycles. The van der Waals surface area contributed by atoms with Crippen molar-refractivity contribution in [2.75, 3.05) is 26.2 Å². The molecule has 0 aromatic carbocycles. The molecule has 0 spiro atoms. The molecule has 24 heavy (non-hydrogen) atoms. The summed E-state index contributed by atoms with van der Waals surface area (Å²) in [5, 5.41) is 4.18. The van der Waals surface area contributed by atoms with Gasteiger partial charge in [-0.25, -0.2) is 9.97 Å². The number of hydrogen-bond acceptors (Lipinski definition) is 5. The lowest BCUT2D eigenvalue weighted by molar-refractivity contribution is 0.110. The fourth-order valence-corrected chi connectivity index (χ4v) is 3.96. The first-order chi connectivity index (χ1) is 11.8. The number of nitrogens with zero attached hydrogens (tertiary/aromatic N) is 6. The summed E-state index contributed by atoms with van der Waals surface area (Å²) in [7, 11) is 1.91. The van der Waals surface area contributed by atoms with Gasteiger partial charge >= 0.3 is 0 Å². The fraction of sp³-hybridized carbons (Fsp3) is 0.611. The smallest absolute Gasteiger partial charge is 0.162 e. The molecule has 128 valence electrons. The van der Waals surface area contributed by atoms with E-state index in [0.717, 1.165) is 24.0 Å². The Kier molecular flexibility index (Phi) is 4.58. The number of hydrogen-bond donors (Lipinski definition) is 0. The molecule has 6 heteroatoms. The van der Waals surface area contributed by atoms with Crippen molar-refractivity contribution in [3.8, 4) is 11.4 Å². The second-order valence-electron chi connectivity index (χ2n) is 7.09. The van der Waals surface area contributed by atoms with Gasteiger partial charge in [0.1, 0.15) is 0 Å². The van der Waals surface area contributed by atoms with Crippen molar-refractivity contribution in [2.24, 2.45) is 7.05 Å². The standard InChI is InChI=1S/C18H26N6/c1-22-13-16(11-21-22)18-19-9-15(10-20-18)12-23-6-4-5-17(14-23)24-7-2-3-8-24/h9-11,13,17H,2-8,12,14H2,1H3. The Bertz CT molecular complexity index is 658. The normalized spacial score (nSPS) is 23.0. The molecule has 0 aliphatic carbocycles. The van der Waals surface area contributed by atoms with Gasteiger partial charge in [0.15, 0.2) is 5.82 Å². The highest BCUT2D eigenvalue weighted by molar-refractivity contribution is 5.51. The third-order valence-corrected chi connectivity index (χ3v) is 5.21. The second-order valence-corrected chi connectivity index (χ2v) is 7.09. The molecule has 0 radical (unpaired) electrons. The van der Waals surface area contributed by atoms with Gasteiger partial charge in [0.25, 0.3) is 0 Å². The molecule has 6 nitrogen and oxygen atoms in total. The van der Waals surface area contributed by atoms with E-state index in [1.165, 1.54) is 57.4 Å². The van der Waals surface area contributed by atoms with Crippen LogP contribution in [0.25, 0.3) is 11.4 Å². The lowest BCUT2D eigenvalue weighted by atomic mass is 10.0. The zero-order valence-corrected chi connectivity index (χ0v) is 14.4. The predicted molar refractivity (Wildman–Crippen MR) is 93.3 cm³/mol. The Labute approximate surface area is 143 Å². The Morgan fingerprint density at radius 1 is 1.04 bits per heavy atom. The van der Waals surface area contributed by atoms with Crippen molar-refractivity contribution in [2.45, 2.75) is 38.3 Å². The predicted octanol–water partition coefficient (Wildman–Crippen LogP) is 1.94. The zero-order chi connectivity index (χ0) is 16.4. The van der Waals surface area contributed by atoms with Crippen molar-refractivity contribution >= 4 is 0 Å². The van der Waals surface area contributed by atoms with Gasteiger partial charge in [0.05, 0.1) is 11.8 Å². The van der Waals surface area contributed by atoms with E-state index in [1.54, 1.807) is 10.9 Å². The van der Waals surface area contributed by atoms with Crippen LogP contribution in [-0.4, -0.2) is 61.8 Å². The molecule has 1 unspecified atom stereocenters. The molecule has 2 aromatic rings. The second kappa shape index (κ2) is 6.99. The molecular formula is C18H26N6. The number of aromatic nitrogens is 4. The number of piperidine rings is 1. The summed E-state index contributed by atoms with van der Waals surface area (Å²) >= 11 is 0. The van der Waals surface area contributed by atoms with E-state index >= 15 is 0 Å². The third kappa shape index (κ3) is 3.49. The summed E-state index contributed by atoms with van der Waals surface area (Å²) in [6, 6.07) is 0.747. The van der Waals surface area contributed by atoms with E-state index in [2.05, 4.69) is 24.9 Å². The largest absolute Gasteiger partial charge is 0.299 e. The van der Waals surface area contributed by atoms with Crippen LogP contribution in [-0.2, 0) is 13.6 Å². The molecule has 2 saturated heterocycles. The highest BCUT2D eigenvalue weighted by Gasteiger charge is 2.27. The number of likely N-dealkylation sites (tertiary alicyclic amines) is 2. The zero-order valence-electron chi connectivity index (χ0n) is 14.4. The van der Waals surface area contributed by atoms with E-state index in [-0.39, 0.29) is 0 Å². The van der Waals surface area contributed by atoms with Crippen LogP contribution >= 0.6 is 0 Å². The summed E-state index contributed by atoms with van der Waals surface area (Å²) in [6.45, 7) is 5.92. The molecule has 4 heterocycles. The van der Waals surface area contributed by atoms with Gasteiger partial charge in [0, 0.05) is 50.3 Å². The summed E-state index contributed by atoms with van der Waals surface area (Å²) in [5.74, 6) is 0.750. The lowest BCUT2D eigenvalue weighted by Crippen LogP contribution is -2.46. The monoisotopic (exact) mass is 326 g/mol. The average Bonchev–Trinajstić information content (AvgIpc) is 3.28. The molecule has 1 atom stereocenters. The van der Waals surface area contributed by atoms with Crippen LogP contribution in [0.1, 0.15) is 31.2 Å². The molecule has 4 rings (SSSR count). The van der Waals surface area contributed by atoms with E-state index in [0.29, 0.717) is 0 Å². The van der Waals surface area contributed by atoms with Crippen molar-refractivity contribution in [1.82, 2.24) is 29.5 Å². The molecule has 2 fully saturated rings. The number of rotatable bonds is 4. The molecule has 2 aromatic heterocycles. The Morgan fingerprint density at radius 3 is 2.54 bits per heavy atom. The van der Waals surface area contributed by atoms with Crippen LogP contribution in [0.4, 0.5) is 0 Å². The summed E-state index contributed by atoms with van der Waals surface area (Å²) in [4.78, 5) is 14.3. The highest BCUT2D eigenvalue weighted by atomic mass is 15.2. The summed E-state index contributed by atoms with van der Waals surface area (Å²) in [5.41, 5.74) is 2.17. The van der Waals surface area contributed by atoms with Crippen molar-refractivity contribution in [3.05, 3.63) is 30.4 Å². The van der Waals surface area contributed by atoms with Crippen LogP contribution in [0.15, 0.2) is 24.8 Å². The highest BCUT2D eigenvalue weighted by Crippen LogP contribution is 2.21. The molecular weight excluding hydrogens is 300 g/mol. The molecule has 0 amide bonds. The van der Waals surface area contributed by atoms with Gasteiger partial charge in [-0.1, -0.05) is 0 Å². The average molecular weight is 326 g/mol. The van der Waals surface area contributed by atoms with Crippen molar-refractivity contribution in [1.29, 1.82) is 0 Å². The Hall–Kier alpha value is -1.79. The minimum absolute atomic E-state index is 0.747. The van der Waals surface area contributed by atoms with E-state index in [4.69, 9.17) is 0 Å². The van der Waals surface area contributed by atoms with Crippen LogP contribution in [0, 0.1) is 0 Å². The van der Waals surface area contributed by atoms with Crippen LogP contribution in [0.2, 0.25) is 0 Å².